The van der Waals surface area contributed by atoms with Gasteiger partial charge < -0.3 is 10.2 Å². The van der Waals surface area contributed by atoms with Crippen molar-refractivity contribution in [3.05, 3.63) is 12.7 Å². The Hall–Kier alpha value is -0.340. The predicted molar refractivity (Wildman–Crippen MR) is 76.4 cm³/mol. The molecule has 1 aliphatic rings. The third-order valence-electron chi connectivity index (χ3n) is 4.51. The summed E-state index contributed by atoms with van der Waals surface area (Å²) >= 11 is 0. The fraction of sp³-hybridized carbons (Fsp3) is 0.867. The minimum atomic E-state index is 0.383. The average Bonchev–Trinajstić information content (AvgIpc) is 2.35. The lowest BCUT2D eigenvalue weighted by atomic mass is 9.74. The summed E-state index contributed by atoms with van der Waals surface area (Å²) < 4.78 is 0. The van der Waals surface area contributed by atoms with Gasteiger partial charge in [0.2, 0.25) is 0 Å². The fourth-order valence-electron chi connectivity index (χ4n) is 3.42. The lowest BCUT2D eigenvalue weighted by Crippen LogP contribution is -2.59. The number of rotatable bonds is 7. The van der Waals surface area contributed by atoms with E-state index >= 15 is 0 Å². The third kappa shape index (κ3) is 3.56. The molecule has 0 aromatic carbocycles. The molecule has 0 aromatic heterocycles. The highest BCUT2D eigenvalue weighted by molar-refractivity contribution is 5.00. The van der Waals surface area contributed by atoms with Gasteiger partial charge in [-0.2, -0.15) is 0 Å². The molecule has 1 saturated carbocycles. The van der Waals surface area contributed by atoms with Gasteiger partial charge in [-0.3, -0.25) is 0 Å². The number of hydrogen-bond acceptors (Lipinski definition) is 2. The van der Waals surface area contributed by atoms with Gasteiger partial charge in [0.25, 0.3) is 0 Å². The molecule has 1 fully saturated rings. The van der Waals surface area contributed by atoms with E-state index in [9.17, 15) is 0 Å². The summed E-state index contributed by atoms with van der Waals surface area (Å²) in [5.41, 5.74) is 0.383. The highest BCUT2D eigenvalue weighted by Gasteiger charge is 2.40. The van der Waals surface area contributed by atoms with Crippen LogP contribution in [-0.2, 0) is 0 Å². The van der Waals surface area contributed by atoms with Gasteiger partial charge in [0.1, 0.15) is 0 Å². The summed E-state index contributed by atoms with van der Waals surface area (Å²) in [6, 6.07) is 0.623. The van der Waals surface area contributed by atoms with Crippen LogP contribution in [0.3, 0.4) is 0 Å². The molecule has 2 heteroatoms. The number of nitrogens with one attached hydrogen (secondary N) is 1. The van der Waals surface area contributed by atoms with Crippen molar-refractivity contribution in [3.63, 3.8) is 0 Å². The molecule has 17 heavy (non-hydrogen) atoms. The van der Waals surface area contributed by atoms with E-state index in [0.29, 0.717) is 11.6 Å². The second-order valence-corrected chi connectivity index (χ2v) is 5.62. The highest BCUT2D eigenvalue weighted by Crippen LogP contribution is 2.36. The van der Waals surface area contributed by atoms with Gasteiger partial charge in [-0.05, 0) is 53.2 Å². The van der Waals surface area contributed by atoms with Crippen LogP contribution in [0.15, 0.2) is 12.7 Å². The van der Waals surface area contributed by atoms with Crippen LogP contribution in [0.2, 0.25) is 0 Å². The largest absolute Gasteiger partial charge is 0.315 e. The van der Waals surface area contributed by atoms with Crippen molar-refractivity contribution in [2.24, 2.45) is 0 Å². The van der Waals surface area contributed by atoms with Gasteiger partial charge >= 0.3 is 0 Å². The van der Waals surface area contributed by atoms with Gasteiger partial charge in [0, 0.05) is 11.6 Å². The average molecular weight is 238 g/mol. The molecule has 1 N–H and O–H groups in total. The van der Waals surface area contributed by atoms with E-state index in [0.717, 1.165) is 6.42 Å². The van der Waals surface area contributed by atoms with Crippen LogP contribution in [-0.4, -0.2) is 37.6 Å². The van der Waals surface area contributed by atoms with Crippen LogP contribution in [0.5, 0.6) is 0 Å². The maximum atomic E-state index is 3.82. The quantitative estimate of drug-likeness (QED) is 0.541. The molecule has 1 unspecified atom stereocenters. The minimum Gasteiger partial charge on any atom is -0.315 e. The third-order valence-corrected chi connectivity index (χ3v) is 4.51. The second kappa shape index (κ2) is 7.17. The van der Waals surface area contributed by atoms with E-state index in [-0.39, 0.29) is 0 Å². The molecule has 0 saturated heterocycles. The number of hydrogen-bond donors (Lipinski definition) is 1. The van der Waals surface area contributed by atoms with E-state index in [1.807, 2.05) is 6.08 Å². The van der Waals surface area contributed by atoms with E-state index in [2.05, 4.69) is 37.9 Å². The first-order valence-electron chi connectivity index (χ1n) is 7.13. The smallest absolute Gasteiger partial charge is 0.0356 e. The molecule has 0 amide bonds. The Balaban J connectivity index is 2.67. The zero-order valence-corrected chi connectivity index (χ0v) is 12.0. The Morgan fingerprint density at radius 1 is 1.29 bits per heavy atom. The van der Waals surface area contributed by atoms with Gasteiger partial charge in [0.05, 0.1) is 0 Å². The number of likely N-dealkylation sites (N-methyl/N-ethyl adjacent to an activating group) is 2. The van der Waals surface area contributed by atoms with Crippen molar-refractivity contribution < 1.29 is 0 Å². The molecular formula is C15H30N2. The maximum absolute atomic E-state index is 3.82. The van der Waals surface area contributed by atoms with Crippen LogP contribution in [0.1, 0.15) is 51.4 Å². The Morgan fingerprint density at radius 2 is 1.94 bits per heavy atom. The topological polar surface area (TPSA) is 15.3 Å². The number of allylic oxidation sites excluding steroid dienone is 1. The first-order valence-corrected chi connectivity index (χ1v) is 7.13. The van der Waals surface area contributed by atoms with Crippen LogP contribution in [0, 0.1) is 0 Å². The van der Waals surface area contributed by atoms with Gasteiger partial charge in [-0.15, -0.1) is 6.58 Å². The molecule has 0 aliphatic heterocycles. The molecule has 2 nitrogen and oxygen atoms in total. The molecule has 0 heterocycles. The molecular weight excluding hydrogens is 208 g/mol. The minimum absolute atomic E-state index is 0.383. The zero-order chi connectivity index (χ0) is 12.7. The number of nitrogens with zero attached hydrogens (tertiary/aromatic N) is 1. The lowest BCUT2D eigenvalue weighted by molar-refractivity contribution is 0.0558. The van der Waals surface area contributed by atoms with Crippen LogP contribution < -0.4 is 5.32 Å². The van der Waals surface area contributed by atoms with E-state index < -0.39 is 0 Å². The molecule has 0 aromatic rings. The van der Waals surface area contributed by atoms with Crippen LogP contribution >= 0.6 is 0 Å². The Kier molecular flexibility index (Phi) is 6.21. The van der Waals surface area contributed by atoms with Crippen LogP contribution in [0.4, 0.5) is 0 Å². The van der Waals surface area contributed by atoms with E-state index in [1.165, 1.54) is 44.9 Å². The Bertz CT molecular complexity index is 217. The molecule has 1 rings (SSSR count). The summed E-state index contributed by atoms with van der Waals surface area (Å²) in [6.07, 6.45) is 12.6. The molecule has 0 spiro atoms. The zero-order valence-electron chi connectivity index (χ0n) is 12.0. The van der Waals surface area contributed by atoms with Crippen molar-refractivity contribution in [2.45, 2.75) is 62.9 Å². The lowest BCUT2D eigenvalue weighted by Gasteiger charge is -2.48. The summed E-state index contributed by atoms with van der Waals surface area (Å²) in [4.78, 5) is 2.47. The Morgan fingerprint density at radius 3 is 2.41 bits per heavy atom. The second-order valence-electron chi connectivity index (χ2n) is 5.62. The normalized spacial score (nSPS) is 21.4. The number of unbranched alkanes of at least 4 members (excludes halogenated alkanes) is 1. The van der Waals surface area contributed by atoms with Crippen molar-refractivity contribution in [1.82, 2.24) is 10.2 Å². The van der Waals surface area contributed by atoms with Crippen molar-refractivity contribution >= 4 is 0 Å². The monoisotopic (exact) mass is 238 g/mol. The summed E-state index contributed by atoms with van der Waals surface area (Å²) in [5, 5.41) is 3.58. The van der Waals surface area contributed by atoms with E-state index in [1.54, 1.807) is 0 Å². The van der Waals surface area contributed by atoms with Crippen molar-refractivity contribution in [1.29, 1.82) is 0 Å². The Labute approximate surface area is 107 Å². The molecule has 100 valence electrons. The summed E-state index contributed by atoms with van der Waals surface area (Å²) in [7, 11) is 6.63. The highest BCUT2D eigenvalue weighted by atomic mass is 15.2. The molecule has 1 aliphatic carbocycles. The van der Waals surface area contributed by atoms with E-state index in [4.69, 9.17) is 0 Å². The van der Waals surface area contributed by atoms with Gasteiger partial charge in [-0.1, -0.05) is 25.3 Å². The standard InChI is InChI=1S/C15H30N2/c1-5-6-8-11-14(16-2)15(17(3)4)12-9-7-10-13-15/h5,14,16H,1,6-13H2,2-4H3. The SMILES string of the molecule is C=CCCCC(NC)C1(N(C)C)CCCCC1. The predicted octanol–water partition coefficient (Wildman–Crippen LogP) is 3.20. The van der Waals surface area contributed by atoms with Crippen molar-refractivity contribution in [2.75, 3.05) is 21.1 Å². The molecule has 0 bridgehead atoms. The van der Waals surface area contributed by atoms with Crippen LogP contribution in [0.25, 0.3) is 0 Å². The van der Waals surface area contributed by atoms with Crippen molar-refractivity contribution in [3.8, 4) is 0 Å². The first-order chi connectivity index (χ1) is 8.17. The molecule has 1 atom stereocenters. The molecule has 0 radical (unpaired) electrons. The fourth-order valence-corrected chi connectivity index (χ4v) is 3.42. The first kappa shape index (κ1) is 14.7. The summed E-state index contributed by atoms with van der Waals surface area (Å²) in [6.45, 7) is 3.82. The summed E-state index contributed by atoms with van der Waals surface area (Å²) in [5.74, 6) is 0. The van der Waals surface area contributed by atoms with Gasteiger partial charge in [0.15, 0.2) is 0 Å². The van der Waals surface area contributed by atoms with Gasteiger partial charge in [-0.25, -0.2) is 0 Å². The maximum Gasteiger partial charge on any atom is 0.0356 e.